The van der Waals surface area contributed by atoms with Crippen molar-refractivity contribution >= 4 is 5.91 Å². The molecule has 0 unspecified atom stereocenters. The van der Waals surface area contributed by atoms with E-state index < -0.39 is 0 Å². The monoisotopic (exact) mass is 340 g/mol. The van der Waals surface area contributed by atoms with Gasteiger partial charge in [-0.2, -0.15) is 0 Å². The molecule has 1 fully saturated rings. The zero-order valence-electron chi connectivity index (χ0n) is 14.4. The Morgan fingerprint density at radius 2 is 2.04 bits per heavy atom. The highest BCUT2D eigenvalue weighted by Crippen LogP contribution is 2.37. The Morgan fingerprint density at radius 1 is 1.28 bits per heavy atom. The summed E-state index contributed by atoms with van der Waals surface area (Å²) in [6.45, 7) is 2.56. The van der Waals surface area contributed by atoms with Crippen molar-refractivity contribution in [3.05, 3.63) is 59.9 Å². The molecule has 3 rings (SSSR count). The molecule has 1 saturated carbocycles. The van der Waals surface area contributed by atoms with Gasteiger partial charge in [0.1, 0.15) is 5.75 Å². The maximum absolute atomic E-state index is 12.5. The predicted octanol–water partition coefficient (Wildman–Crippen LogP) is 2.65. The van der Waals surface area contributed by atoms with Crippen molar-refractivity contribution in [1.29, 1.82) is 0 Å². The summed E-state index contributed by atoms with van der Waals surface area (Å²) in [7, 11) is 0. The average Bonchev–Trinajstić information content (AvgIpc) is 2.60. The van der Waals surface area contributed by atoms with Crippen LogP contribution in [0.5, 0.6) is 5.75 Å². The second-order valence-electron chi connectivity index (χ2n) is 6.44. The molecule has 0 aliphatic heterocycles. The number of nitrogens with zero attached hydrogens (tertiary/aromatic N) is 1. The van der Waals surface area contributed by atoms with Gasteiger partial charge in [0.25, 0.3) is 0 Å². The van der Waals surface area contributed by atoms with E-state index in [1.807, 2.05) is 49.4 Å². The molecule has 1 aliphatic rings. The number of benzene rings is 1. The van der Waals surface area contributed by atoms with Crippen molar-refractivity contribution in [2.75, 3.05) is 6.61 Å². The zero-order valence-corrected chi connectivity index (χ0v) is 14.4. The molecular weight excluding hydrogens is 316 g/mol. The lowest BCUT2D eigenvalue weighted by Gasteiger charge is -2.37. The second-order valence-corrected chi connectivity index (χ2v) is 6.44. The van der Waals surface area contributed by atoms with E-state index in [-0.39, 0.29) is 24.0 Å². The van der Waals surface area contributed by atoms with Gasteiger partial charge in [-0.15, -0.1) is 0 Å². The summed E-state index contributed by atoms with van der Waals surface area (Å²) in [6.07, 6.45) is 3.18. The Balaban J connectivity index is 1.64. The lowest BCUT2D eigenvalue weighted by atomic mass is 9.76. The van der Waals surface area contributed by atoms with Gasteiger partial charge >= 0.3 is 0 Å². The zero-order chi connectivity index (χ0) is 17.6. The first kappa shape index (κ1) is 17.4. The van der Waals surface area contributed by atoms with E-state index in [9.17, 15) is 9.90 Å². The Kier molecular flexibility index (Phi) is 5.66. The Labute approximate surface area is 148 Å². The SMILES string of the molecule is CCOc1ccc(CC(=O)N[C@H](c2ccccn2)C2CC(O)C2)cc1. The minimum atomic E-state index is -0.265. The van der Waals surface area contributed by atoms with Crippen LogP contribution in [0.25, 0.3) is 0 Å². The fourth-order valence-corrected chi connectivity index (χ4v) is 3.18. The third-order valence-electron chi connectivity index (χ3n) is 4.54. The fourth-order valence-electron chi connectivity index (χ4n) is 3.18. The lowest BCUT2D eigenvalue weighted by Crippen LogP contribution is -2.42. The largest absolute Gasteiger partial charge is 0.494 e. The molecule has 0 saturated heterocycles. The number of ether oxygens (including phenoxy) is 1. The van der Waals surface area contributed by atoms with Crippen LogP contribution in [0.2, 0.25) is 0 Å². The van der Waals surface area contributed by atoms with Crippen molar-refractivity contribution in [1.82, 2.24) is 10.3 Å². The molecule has 1 atom stereocenters. The number of aliphatic hydroxyl groups excluding tert-OH is 1. The molecule has 1 aromatic heterocycles. The van der Waals surface area contributed by atoms with E-state index in [4.69, 9.17) is 4.74 Å². The first-order valence-corrected chi connectivity index (χ1v) is 8.75. The van der Waals surface area contributed by atoms with Crippen LogP contribution in [0.15, 0.2) is 48.7 Å². The Hall–Kier alpha value is -2.40. The van der Waals surface area contributed by atoms with Gasteiger partial charge in [0.15, 0.2) is 0 Å². The van der Waals surface area contributed by atoms with Crippen molar-refractivity contribution in [3.8, 4) is 5.75 Å². The van der Waals surface area contributed by atoms with Gasteiger partial charge in [0, 0.05) is 6.20 Å². The van der Waals surface area contributed by atoms with Crippen LogP contribution < -0.4 is 10.1 Å². The highest BCUT2D eigenvalue weighted by Gasteiger charge is 2.36. The van der Waals surface area contributed by atoms with Crippen LogP contribution in [0, 0.1) is 5.92 Å². The predicted molar refractivity (Wildman–Crippen MR) is 95.2 cm³/mol. The number of pyridine rings is 1. The Morgan fingerprint density at radius 3 is 2.64 bits per heavy atom. The topological polar surface area (TPSA) is 71.5 Å². The van der Waals surface area contributed by atoms with Crippen LogP contribution in [0.3, 0.4) is 0 Å². The number of nitrogens with one attached hydrogen (secondary N) is 1. The number of rotatable bonds is 7. The van der Waals surface area contributed by atoms with E-state index in [0.717, 1.165) is 17.0 Å². The average molecular weight is 340 g/mol. The molecule has 25 heavy (non-hydrogen) atoms. The van der Waals surface area contributed by atoms with Crippen LogP contribution in [0.1, 0.15) is 37.1 Å². The summed E-state index contributed by atoms with van der Waals surface area (Å²) in [6, 6.07) is 13.1. The Bertz CT molecular complexity index is 682. The molecule has 5 heteroatoms. The maximum Gasteiger partial charge on any atom is 0.224 e. The lowest BCUT2D eigenvalue weighted by molar-refractivity contribution is -0.122. The van der Waals surface area contributed by atoms with E-state index in [0.29, 0.717) is 25.9 Å². The quantitative estimate of drug-likeness (QED) is 0.813. The summed E-state index contributed by atoms with van der Waals surface area (Å²) in [5, 5.41) is 12.7. The molecule has 1 aromatic carbocycles. The molecule has 0 radical (unpaired) electrons. The van der Waals surface area contributed by atoms with E-state index >= 15 is 0 Å². The molecule has 2 N–H and O–H groups in total. The third kappa shape index (κ3) is 4.57. The summed E-state index contributed by atoms with van der Waals surface area (Å²) >= 11 is 0. The molecule has 1 heterocycles. The van der Waals surface area contributed by atoms with Crippen molar-refractivity contribution < 1.29 is 14.6 Å². The van der Waals surface area contributed by atoms with Gasteiger partial charge in [-0.25, -0.2) is 0 Å². The summed E-state index contributed by atoms with van der Waals surface area (Å²) < 4.78 is 5.42. The summed E-state index contributed by atoms with van der Waals surface area (Å²) in [5.41, 5.74) is 1.79. The molecule has 2 aromatic rings. The maximum atomic E-state index is 12.5. The smallest absolute Gasteiger partial charge is 0.224 e. The van der Waals surface area contributed by atoms with Crippen LogP contribution in [-0.2, 0) is 11.2 Å². The van der Waals surface area contributed by atoms with Crippen molar-refractivity contribution in [3.63, 3.8) is 0 Å². The first-order chi connectivity index (χ1) is 12.2. The minimum Gasteiger partial charge on any atom is -0.494 e. The second kappa shape index (κ2) is 8.12. The molecular formula is C20H24N2O3. The number of hydrogen-bond donors (Lipinski definition) is 2. The summed E-state index contributed by atoms with van der Waals surface area (Å²) in [4.78, 5) is 16.9. The van der Waals surface area contributed by atoms with Gasteiger partial charge in [-0.05, 0) is 55.5 Å². The molecule has 1 amide bonds. The molecule has 0 spiro atoms. The van der Waals surface area contributed by atoms with Crippen molar-refractivity contribution in [2.45, 2.75) is 38.3 Å². The van der Waals surface area contributed by atoms with Crippen LogP contribution in [0.4, 0.5) is 0 Å². The fraction of sp³-hybridized carbons (Fsp3) is 0.400. The van der Waals surface area contributed by atoms with Crippen LogP contribution in [-0.4, -0.2) is 28.7 Å². The molecule has 132 valence electrons. The number of aromatic nitrogens is 1. The van der Waals surface area contributed by atoms with Crippen LogP contribution >= 0.6 is 0 Å². The number of aliphatic hydroxyl groups is 1. The highest BCUT2D eigenvalue weighted by atomic mass is 16.5. The normalized spacial score (nSPS) is 20.4. The van der Waals surface area contributed by atoms with Gasteiger partial charge < -0.3 is 15.2 Å². The van der Waals surface area contributed by atoms with Gasteiger partial charge in [-0.3, -0.25) is 9.78 Å². The standard InChI is InChI=1S/C20H24N2O3/c1-2-25-17-8-6-14(7-9-17)11-19(24)22-20(15-12-16(23)13-15)18-5-3-4-10-21-18/h3-10,15-16,20,23H,2,11-13H2,1H3,(H,22,24)/t15?,16?,20-/m0/s1. The first-order valence-electron chi connectivity index (χ1n) is 8.75. The number of hydrogen-bond acceptors (Lipinski definition) is 4. The highest BCUT2D eigenvalue weighted by molar-refractivity contribution is 5.79. The molecule has 5 nitrogen and oxygen atoms in total. The van der Waals surface area contributed by atoms with E-state index in [1.165, 1.54) is 0 Å². The van der Waals surface area contributed by atoms with E-state index in [1.54, 1.807) is 6.20 Å². The van der Waals surface area contributed by atoms with E-state index in [2.05, 4.69) is 10.3 Å². The van der Waals surface area contributed by atoms with Gasteiger partial charge in [-0.1, -0.05) is 18.2 Å². The van der Waals surface area contributed by atoms with Crippen molar-refractivity contribution in [2.24, 2.45) is 5.92 Å². The summed E-state index contributed by atoms with van der Waals surface area (Å²) in [5.74, 6) is 0.997. The molecule has 1 aliphatic carbocycles. The number of carbonyl (C=O) groups is 1. The minimum absolute atomic E-state index is 0.0406. The number of amides is 1. The number of carbonyl (C=O) groups excluding carboxylic acids is 1. The third-order valence-corrected chi connectivity index (χ3v) is 4.54. The van der Waals surface area contributed by atoms with Gasteiger partial charge in [0.2, 0.25) is 5.91 Å². The molecule has 0 bridgehead atoms. The van der Waals surface area contributed by atoms with Gasteiger partial charge in [0.05, 0.1) is 30.9 Å².